The van der Waals surface area contributed by atoms with Crippen LogP contribution in [0.5, 0.6) is 0 Å². The largest absolute Gasteiger partial charge is 0.325 e. The van der Waals surface area contributed by atoms with E-state index in [0.29, 0.717) is 5.92 Å². The molecule has 1 unspecified atom stereocenters. The monoisotopic (exact) mass is 265 g/mol. The Bertz CT molecular complexity index is 426. The fourth-order valence-corrected chi connectivity index (χ4v) is 2.88. The van der Waals surface area contributed by atoms with Gasteiger partial charge in [0.2, 0.25) is 5.91 Å². The number of amides is 1. The van der Waals surface area contributed by atoms with Crippen LogP contribution in [0.3, 0.4) is 0 Å². The highest BCUT2D eigenvalue weighted by Gasteiger charge is 2.39. The summed E-state index contributed by atoms with van der Waals surface area (Å²) in [6.45, 7) is 0. The molecule has 1 aliphatic heterocycles. The molecule has 1 heterocycles. The van der Waals surface area contributed by atoms with Gasteiger partial charge in [-0.2, -0.15) is 0 Å². The Balaban J connectivity index is 2.03. The van der Waals surface area contributed by atoms with Crippen molar-refractivity contribution in [1.82, 2.24) is 0 Å². The highest BCUT2D eigenvalue weighted by molar-refractivity contribution is 9.10. The molecule has 1 amide bonds. The second-order valence-electron chi connectivity index (χ2n) is 4.39. The SMILES string of the molecule is O=C1Nc2ccc(Br)cc2C1C1CCC1. The van der Waals surface area contributed by atoms with Crippen LogP contribution in [0.15, 0.2) is 22.7 Å². The quantitative estimate of drug-likeness (QED) is 0.830. The van der Waals surface area contributed by atoms with Gasteiger partial charge in [0.1, 0.15) is 0 Å². The zero-order chi connectivity index (χ0) is 10.4. The third-order valence-electron chi connectivity index (χ3n) is 3.51. The molecule has 0 aromatic heterocycles. The highest BCUT2D eigenvalue weighted by atomic mass is 79.9. The van der Waals surface area contributed by atoms with E-state index < -0.39 is 0 Å². The van der Waals surface area contributed by atoms with Gasteiger partial charge >= 0.3 is 0 Å². The maximum Gasteiger partial charge on any atom is 0.232 e. The van der Waals surface area contributed by atoms with Gasteiger partial charge in [0.05, 0.1) is 5.92 Å². The van der Waals surface area contributed by atoms with Crippen molar-refractivity contribution in [3.63, 3.8) is 0 Å². The summed E-state index contributed by atoms with van der Waals surface area (Å²) in [5.74, 6) is 0.861. The van der Waals surface area contributed by atoms with E-state index in [1.54, 1.807) is 0 Å². The highest BCUT2D eigenvalue weighted by Crippen LogP contribution is 2.46. The summed E-state index contributed by atoms with van der Waals surface area (Å²) in [7, 11) is 0. The predicted octanol–water partition coefficient (Wildman–Crippen LogP) is 3.28. The third-order valence-corrected chi connectivity index (χ3v) is 4.00. The molecular weight excluding hydrogens is 254 g/mol. The maximum atomic E-state index is 11.9. The smallest absolute Gasteiger partial charge is 0.232 e. The van der Waals surface area contributed by atoms with Crippen molar-refractivity contribution in [1.29, 1.82) is 0 Å². The first kappa shape index (κ1) is 9.40. The Morgan fingerprint density at radius 2 is 2.13 bits per heavy atom. The van der Waals surface area contributed by atoms with Crippen molar-refractivity contribution in [3.05, 3.63) is 28.2 Å². The number of hydrogen-bond donors (Lipinski definition) is 1. The van der Waals surface area contributed by atoms with Crippen LogP contribution in [0.25, 0.3) is 0 Å². The van der Waals surface area contributed by atoms with E-state index in [-0.39, 0.29) is 11.8 Å². The summed E-state index contributed by atoms with van der Waals surface area (Å²) in [4.78, 5) is 11.9. The first-order valence-corrected chi connectivity index (χ1v) is 6.15. The zero-order valence-corrected chi connectivity index (χ0v) is 9.88. The van der Waals surface area contributed by atoms with E-state index in [2.05, 4.69) is 27.3 Å². The molecule has 1 atom stereocenters. The molecule has 0 saturated heterocycles. The standard InChI is InChI=1S/C12H12BrNO/c13-8-4-5-10-9(6-8)11(12(15)14-10)7-2-1-3-7/h4-7,11H,1-3H2,(H,14,15). The lowest BCUT2D eigenvalue weighted by Crippen LogP contribution is -2.25. The third kappa shape index (κ3) is 1.41. The fraction of sp³-hybridized carbons (Fsp3) is 0.417. The van der Waals surface area contributed by atoms with Gasteiger partial charge < -0.3 is 5.32 Å². The van der Waals surface area contributed by atoms with Crippen molar-refractivity contribution in [2.24, 2.45) is 5.92 Å². The second kappa shape index (κ2) is 3.34. The van der Waals surface area contributed by atoms with Gasteiger partial charge in [-0.15, -0.1) is 0 Å². The minimum atomic E-state index is 0.103. The van der Waals surface area contributed by atoms with Crippen LogP contribution in [0.4, 0.5) is 5.69 Å². The van der Waals surface area contributed by atoms with Crippen molar-refractivity contribution >= 4 is 27.5 Å². The van der Waals surface area contributed by atoms with Gasteiger partial charge in [0, 0.05) is 10.2 Å². The predicted molar refractivity (Wildman–Crippen MR) is 62.9 cm³/mol. The summed E-state index contributed by atoms with van der Waals surface area (Å²) in [6.07, 6.45) is 3.67. The zero-order valence-electron chi connectivity index (χ0n) is 8.29. The molecule has 2 aliphatic rings. The van der Waals surface area contributed by atoms with Gasteiger partial charge in [-0.05, 0) is 42.5 Å². The molecule has 1 aromatic rings. The van der Waals surface area contributed by atoms with E-state index in [0.717, 1.165) is 10.2 Å². The molecule has 0 radical (unpaired) electrons. The van der Waals surface area contributed by atoms with E-state index in [1.807, 2.05) is 12.1 Å². The topological polar surface area (TPSA) is 29.1 Å². The summed E-state index contributed by atoms with van der Waals surface area (Å²) in [6, 6.07) is 6.04. The number of carbonyl (C=O) groups excluding carboxylic acids is 1. The lowest BCUT2D eigenvalue weighted by molar-refractivity contribution is -0.118. The summed E-state index contributed by atoms with van der Waals surface area (Å²) < 4.78 is 1.06. The molecule has 2 nitrogen and oxygen atoms in total. The van der Waals surface area contributed by atoms with Crippen LogP contribution in [0.1, 0.15) is 30.7 Å². The first-order chi connectivity index (χ1) is 7.25. The summed E-state index contributed by atoms with van der Waals surface area (Å²) in [5, 5.41) is 2.96. The number of anilines is 1. The molecule has 3 heteroatoms. The Morgan fingerprint density at radius 3 is 2.80 bits per heavy atom. The number of carbonyl (C=O) groups is 1. The van der Waals surface area contributed by atoms with Crippen molar-refractivity contribution in [3.8, 4) is 0 Å². The molecule has 1 fully saturated rings. The molecule has 1 aromatic carbocycles. The fourth-order valence-electron chi connectivity index (χ4n) is 2.50. The van der Waals surface area contributed by atoms with Crippen molar-refractivity contribution < 1.29 is 4.79 Å². The molecule has 0 spiro atoms. The number of halogens is 1. The average molecular weight is 266 g/mol. The molecule has 1 aliphatic carbocycles. The normalized spacial score (nSPS) is 24.6. The summed E-state index contributed by atoms with van der Waals surface area (Å²) in [5.41, 5.74) is 2.18. The molecule has 1 saturated carbocycles. The first-order valence-electron chi connectivity index (χ1n) is 5.36. The number of rotatable bonds is 1. The van der Waals surface area contributed by atoms with E-state index in [9.17, 15) is 4.79 Å². The van der Waals surface area contributed by atoms with Gasteiger partial charge in [-0.25, -0.2) is 0 Å². The lowest BCUT2D eigenvalue weighted by Gasteiger charge is -2.30. The second-order valence-corrected chi connectivity index (χ2v) is 5.31. The van der Waals surface area contributed by atoms with Gasteiger partial charge in [0.15, 0.2) is 0 Å². The number of hydrogen-bond acceptors (Lipinski definition) is 1. The van der Waals surface area contributed by atoms with E-state index in [1.165, 1.54) is 24.8 Å². The van der Waals surface area contributed by atoms with Crippen LogP contribution in [0.2, 0.25) is 0 Å². The van der Waals surface area contributed by atoms with Crippen LogP contribution >= 0.6 is 15.9 Å². The van der Waals surface area contributed by atoms with Gasteiger partial charge in [0.25, 0.3) is 0 Å². The molecule has 1 N–H and O–H groups in total. The van der Waals surface area contributed by atoms with Crippen LogP contribution in [-0.4, -0.2) is 5.91 Å². The maximum absolute atomic E-state index is 11.9. The Labute approximate surface area is 97.2 Å². The van der Waals surface area contributed by atoms with Crippen molar-refractivity contribution in [2.75, 3.05) is 5.32 Å². The minimum Gasteiger partial charge on any atom is -0.325 e. The Hall–Kier alpha value is -0.830. The van der Waals surface area contributed by atoms with Crippen LogP contribution in [-0.2, 0) is 4.79 Å². The van der Waals surface area contributed by atoms with Crippen LogP contribution < -0.4 is 5.32 Å². The van der Waals surface area contributed by atoms with Gasteiger partial charge in [-0.1, -0.05) is 22.4 Å². The molecular formula is C12H12BrNO. The molecule has 3 rings (SSSR count). The van der Waals surface area contributed by atoms with E-state index in [4.69, 9.17) is 0 Å². The molecule has 0 bridgehead atoms. The molecule has 15 heavy (non-hydrogen) atoms. The Kier molecular flexibility index (Phi) is 2.09. The summed E-state index contributed by atoms with van der Waals surface area (Å²) >= 11 is 3.46. The Morgan fingerprint density at radius 1 is 1.33 bits per heavy atom. The van der Waals surface area contributed by atoms with Crippen molar-refractivity contribution in [2.45, 2.75) is 25.2 Å². The number of fused-ring (bicyclic) bond motifs is 1. The number of benzene rings is 1. The van der Waals surface area contributed by atoms with E-state index >= 15 is 0 Å². The lowest BCUT2D eigenvalue weighted by atomic mass is 9.73. The average Bonchev–Trinajstić information content (AvgIpc) is 2.42. The molecule has 78 valence electrons. The number of nitrogens with one attached hydrogen (secondary N) is 1. The van der Waals surface area contributed by atoms with Crippen LogP contribution in [0, 0.1) is 5.92 Å². The minimum absolute atomic E-state index is 0.103. The van der Waals surface area contributed by atoms with Gasteiger partial charge in [-0.3, -0.25) is 4.79 Å².